The second-order valence-corrected chi connectivity index (χ2v) is 3.55. The SMILES string of the molecule is C=C(CN(CC)CCCC)C(=O)OCC. The van der Waals surface area contributed by atoms with E-state index in [1.54, 1.807) is 6.92 Å². The van der Waals surface area contributed by atoms with E-state index in [-0.39, 0.29) is 5.97 Å². The Morgan fingerprint density at radius 2 is 2.00 bits per heavy atom. The minimum absolute atomic E-state index is 0.271. The summed E-state index contributed by atoms with van der Waals surface area (Å²) in [6, 6.07) is 0. The second-order valence-electron chi connectivity index (χ2n) is 3.55. The molecule has 0 N–H and O–H groups in total. The van der Waals surface area contributed by atoms with Crippen LogP contribution in [0.15, 0.2) is 12.2 Å². The van der Waals surface area contributed by atoms with Crippen LogP contribution < -0.4 is 0 Å². The molecular weight excluding hydrogens is 190 g/mol. The molecule has 0 aliphatic heterocycles. The lowest BCUT2D eigenvalue weighted by atomic mass is 10.2. The number of carbonyl (C=O) groups excluding carboxylic acids is 1. The largest absolute Gasteiger partial charge is 0.463 e. The lowest BCUT2D eigenvalue weighted by Gasteiger charge is -2.20. The van der Waals surface area contributed by atoms with E-state index in [1.807, 2.05) is 0 Å². The Morgan fingerprint density at radius 3 is 2.47 bits per heavy atom. The summed E-state index contributed by atoms with van der Waals surface area (Å²) < 4.78 is 4.89. The molecule has 0 rings (SSSR count). The second kappa shape index (κ2) is 8.48. The summed E-state index contributed by atoms with van der Waals surface area (Å²) >= 11 is 0. The normalized spacial score (nSPS) is 10.4. The van der Waals surface area contributed by atoms with Crippen LogP contribution in [0, 0.1) is 0 Å². The summed E-state index contributed by atoms with van der Waals surface area (Å²) in [5.74, 6) is -0.271. The van der Waals surface area contributed by atoms with Crippen LogP contribution in [0.2, 0.25) is 0 Å². The highest BCUT2D eigenvalue weighted by molar-refractivity contribution is 5.88. The summed E-state index contributed by atoms with van der Waals surface area (Å²) in [5, 5.41) is 0. The first-order valence-electron chi connectivity index (χ1n) is 5.72. The fourth-order valence-corrected chi connectivity index (χ4v) is 1.30. The summed E-state index contributed by atoms with van der Waals surface area (Å²) in [7, 11) is 0. The number of likely N-dealkylation sites (N-methyl/N-ethyl adjacent to an activating group) is 1. The minimum atomic E-state index is -0.271. The fourth-order valence-electron chi connectivity index (χ4n) is 1.30. The predicted molar refractivity (Wildman–Crippen MR) is 62.8 cm³/mol. The van der Waals surface area contributed by atoms with Crippen molar-refractivity contribution in [3.63, 3.8) is 0 Å². The Labute approximate surface area is 93.1 Å². The standard InChI is InChI=1S/C12H23NO2/c1-5-8-9-13(6-2)10-11(4)12(14)15-7-3/h4-10H2,1-3H3. The van der Waals surface area contributed by atoms with Crippen molar-refractivity contribution in [2.24, 2.45) is 0 Å². The molecule has 0 heterocycles. The van der Waals surface area contributed by atoms with Gasteiger partial charge < -0.3 is 4.74 Å². The summed E-state index contributed by atoms with van der Waals surface area (Å²) in [6.45, 7) is 12.8. The van der Waals surface area contributed by atoms with E-state index < -0.39 is 0 Å². The van der Waals surface area contributed by atoms with E-state index in [4.69, 9.17) is 4.74 Å². The topological polar surface area (TPSA) is 29.5 Å². The zero-order valence-corrected chi connectivity index (χ0v) is 10.2. The van der Waals surface area contributed by atoms with Gasteiger partial charge in [0.2, 0.25) is 0 Å². The molecular formula is C12H23NO2. The van der Waals surface area contributed by atoms with E-state index in [2.05, 4.69) is 25.3 Å². The van der Waals surface area contributed by atoms with Gasteiger partial charge in [0, 0.05) is 12.1 Å². The molecule has 0 aliphatic carbocycles. The fraction of sp³-hybridized carbons (Fsp3) is 0.750. The molecule has 0 saturated heterocycles. The first-order valence-corrected chi connectivity index (χ1v) is 5.72. The average molecular weight is 213 g/mol. The van der Waals surface area contributed by atoms with E-state index in [0.29, 0.717) is 18.7 Å². The third kappa shape index (κ3) is 6.28. The van der Waals surface area contributed by atoms with Crippen molar-refractivity contribution in [3.05, 3.63) is 12.2 Å². The van der Waals surface area contributed by atoms with Crippen LogP contribution in [-0.4, -0.2) is 37.1 Å². The zero-order valence-electron chi connectivity index (χ0n) is 10.2. The van der Waals surface area contributed by atoms with Gasteiger partial charge in [0.25, 0.3) is 0 Å². The van der Waals surface area contributed by atoms with Gasteiger partial charge in [0.1, 0.15) is 0 Å². The van der Waals surface area contributed by atoms with Gasteiger partial charge in [-0.05, 0) is 26.4 Å². The smallest absolute Gasteiger partial charge is 0.334 e. The van der Waals surface area contributed by atoms with Crippen molar-refractivity contribution in [1.82, 2.24) is 4.90 Å². The Bertz CT molecular complexity index is 202. The van der Waals surface area contributed by atoms with Gasteiger partial charge in [-0.2, -0.15) is 0 Å². The zero-order chi connectivity index (χ0) is 11.7. The van der Waals surface area contributed by atoms with Crippen molar-refractivity contribution in [1.29, 1.82) is 0 Å². The molecule has 3 nitrogen and oxygen atoms in total. The van der Waals surface area contributed by atoms with Crippen LogP contribution in [0.5, 0.6) is 0 Å². The first kappa shape index (κ1) is 14.2. The van der Waals surface area contributed by atoms with E-state index in [9.17, 15) is 4.79 Å². The monoisotopic (exact) mass is 213 g/mol. The Morgan fingerprint density at radius 1 is 1.33 bits per heavy atom. The average Bonchev–Trinajstić information content (AvgIpc) is 2.24. The number of rotatable bonds is 8. The molecule has 0 aromatic heterocycles. The number of esters is 1. The quantitative estimate of drug-likeness (QED) is 0.457. The molecule has 15 heavy (non-hydrogen) atoms. The molecule has 0 bridgehead atoms. The van der Waals surface area contributed by atoms with Crippen LogP contribution in [-0.2, 0) is 9.53 Å². The Balaban J connectivity index is 3.94. The highest BCUT2D eigenvalue weighted by atomic mass is 16.5. The van der Waals surface area contributed by atoms with Crippen molar-refractivity contribution >= 4 is 5.97 Å². The minimum Gasteiger partial charge on any atom is -0.463 e. The van der Waals surface area contributed by atoms with Crippen molar-refractivity contribution in [2.45, 2.75) is 33.6 Å². The van der Waals surface area contributed by atoms with Gasteiger partial charge in [-0.3, -0.25) is 4.90 Å². The van der Waals surface area contributed by atoms with Crippen molar-refractivity contribution < 1.29 is 9.53 Å². The van der Waals surface area contributed by atoms with Gasteiger partial charge in [0.05, 0.1) is 6.61 Å². The van der Waals surface area contributed by atoms with Crippen LogP contribution in [0.4, 0.5) is 0 Å². The molecule has 0 aromatic carbocycles. The van der Waals surface area contributed by atoms with Crippen LogP contribution in [0.3, 0.4) is 0 Å². The molecule has 0 amide bonds. The van der Waals surface area contributed by atoms with Gasteiger partial charge in [-0.15, -0.1) is 0 Å². The molecule has 0 spiro atoms. The van der Waals surface area contributed by atoms with Crippen molar-refractivity contribution in [3.8, 4) is 0 Å². The third-order valence-corrected chi connectivity index (χ3v) is 2.25. The summed E-state index contributed by atoms with van der Waals surface area (Å²) in [4.78, 5) is 13.5. The van der Waals surface area contributed by atoms with E-state index in [1.165, 1.54) is 6.42 Å². The van der Waals surface area contributed by atoms with Gasteiger partial charge in [-0.1, -0.05) is 26.8 Å². The molecule has 0 saturated carbocycles. The molecule has 3 heteroatoms. The van der Waals surface area contributed by atoms with Crippen molar-refractivity contribution in [2.75, 3.05) is 26.2 Å². The number of hydrogen-bond acceptors (Lipinski definition) is 3. The summed E-state index contributed by atoms with van der Waals surface area (Å²) in [6.07, 6.45) is 2.33. The molecule has 0 atom stereocenters. The maximum absolute atomic E-state index is 11.3. The molecule has 88 valence electrons. The maximum atomic E-state index is 11.3. The highest BCUT2D eigenvalue weighted by Crippen LogP contribution is 2.02. The molecule has 0 fully saturated rings. The maximum Gasteiger partial charge on any atom is 0.334 e. The van der Waals surface area contributed by atoms with Crippen LogP contribution in [0.25, 0.3) is 0 Å². The molecule has 0 radical (unpaired) electrons. The predicted octanol–water partition coefficient (Wildman–Crippen LogP) is 2.23. The Hall–Kier alpha value is -0.830. The van der Waals surface area contributed by atoms with Gasteiger partial charge in [-0.25, -0.2) is 4.79 Å². The van der Waals surface area contributed by atoms with E-state index >= 15 is 0 Å². The lowest BCUT2D eigenvalue weighted by molar-refractivity contribution is -0.138. The Kier molecular flexibility index (Phi) is 8.01. The van der Waals surface area contributed by atoms with Gasteiger partial charge in [0.15, 0.2) is 0 Å². The third-order valence-electron chi connectivity index (χ3n) is 2.25. The lowest BCUT2D eigenvalue weighted by Crippen LogP contribution is -2.29. The van der Waals surface area contributed by atoms with Gasteiger partial charge >= 0.3 is 5.97 Å². The van der Waals surface area contributed by atoms with Crippen LogP contribution in [0.1, 0.15) is 33.6 Å². The first-order chi connectivity index (χ1) is 7.15. The molecule has 0 aliphatic rings. The molecule has 0 unspecified atom stereocenters. The summed E-state index contributed by atoms with van der Waals surface area (Å²) in [5.41, 5.74) is 0.551. The number of unbranched alkanes of at least 4 members (excludes halogenated alkanes) is 1. The van der Waals surface area contributed by atoms with E-state index in [0.717, 1.165) is 19.5 Å². The number of ether oxygens (including phenoxy) is 1. The molecule has 0 aromatic rings. The number of nitrogens with zero attached hydrogens (tertiary/aromatic N) is 1. The van der Waals surface area contributed by atoms with Crippen LogP contribution >= 0.6 is 0 Å². The number of carbonyl (C=O) groups is 1. The highest BCUT2D eigenvalue weighted by Gasteiger charge is 2.11. The number of hydrogen-bond donors (Lipinski definition) is 0.